The summed E-state index contributed by atoms with van der Waals surface area (Å²) >= 11 is 0. The van der Waals surface area contributed by atoms with Crippen molar-refractivity contribution in [3.05, 3.63) is 75.5 Å². The molecule has 3 aliphatic heterocycles. The predicted octanol–water partition coefficient (Wildman–Crippen LogP) is 6.53. The lowest BCUT2D eigenvalue weighted by molar-refractivity contribution is 0.0130. The lowest BCUT2D eigenvalue weighted by Gasteiger charge is -2.60. The average molecular weight is 627 g/mol. The summed E-state index contributed by atoms with van der Waals surface area (Å²) in [6.07, 6.45) is 5.55. The molecule has 2 saturated heterocycles. The largest absolute Gasteiger partial charge is 0.784 e. The van der Waals surface area contributed by atoms with Gasteiger partial charge in [0.2, 0.25) is 5.43 Å². The van der Waals surface area contributed by atoms with Crippen molar-refractivity contribution in [2.75, 3.05) is 25.5 Å². The van der Waals surface area contributed by atoms with Crippen LogP contribution in [0.25, 0.3) is 27.4 Å². The SMILES string of the molecule is CN1CCCC1CCNC(=O)c1cn2c3c(c(NC4CC(C)(C)N([O-])C(C)(C)C4)c(F)cc3c1=O)Oc1cc3ccccc3cc1-2. The molecule has 9 nitrogen and oxygen atoms in total. The first-order valence-corrected chi connectivity index (χ1v) is 16.2. The number of nitrogens with one attached hydrogen (secondary N) is 2. The number of carbonyl (C=O) groups excluding carboxylic acids is 1. The zero-order valence-electron chi connectivity index (χ0n) is 27.1. The number of hydroxylamine groups is 2. The number of nitrogens with zero attached hydrogens (tertiary/aromatic N) is 3. The average Bonchev–Trinajstić information content (AvgIpc) is 3.41. The van der Waals surface area contributed by atoms with Gasteiger partial charge < -0.3 is 35.1 Å². The Morgan fingerprint density at radius 1 is 1.09 bits per heavy atom. The molecule has 46 heavy (non-hydrogen) atoms. The summed E-state index contributed by atoms with van der Waals surface area (Å²) in [5, 5.41) is 22.4. The third kappa shape index (κ3) is 5.12. The maximum absolute atomic E-state index is 16.2. The quantitative estimate of drug-likeness (QED) is 0.221. The maximum atomic E-state index is 16.2. The second kappa shape index (κ2) is 11.1. The molecule has 242 valence electrons. The van der Waals surface area contributed by atoms with Gasteiger partial charge >= 0.3 is 0 Å². The number of fused-ring (bicyclic) bond motifs is 3. The van der Waals surface area contributed by atoms with E-state index >= 15 is 4.39 Å². The number of amides is 1. The molecule has 4 heterocycles. The zero-order valence-corrected chi connectivity index (χ0v) is 27.1. The van der Waals surface area contributed by atoms with Crippen molar-refractivity contribution in [3.8, 4) is 17.2 Å². The second-order valence-electron chi connectivity index (χ2n) is 14.5. The molecule has 10 heteroatoms. The number of anilines is 1. The number of piperidine rings is 1. The van der Waals surface area contributed by atoms with Gasteiger partial charge in [-0.1, -0.05) is 24.3 Å². The van der Waals surface area contributed by atoms with Gasteiger partial charge in [-0.3, -0.25) is 9.59 Å². The summed E-state index contributed by atoms with van der Waals surface area (Å²) in [6, 6.07) is 13.1. The van der Waals surface area contributed by atoms with Crippen LogP contribution >= 0.6 is 0 Å². The summed E-state index contributed by atoms with van der Waals surface area (Å²) in [4.78, 5) is 29.7. The van der Waals surface area contributed by atoms with Crippen LogP contribution in [0.2, 0.25) is 0 Å². The molecule has 1 amide bonds. The molecule has 1 aromatic heterocycles. The van der Waals surface area contributed by atoms with Gasteiger partial charge in [-0.15, -0.1) is 0 Å². The van der Waals surface area contributed by atoms with Crippen LogP contribution in [0.4, 0.5) is 10.1 Å². The number of hydrogen-bond acceptors (Lipinski definition) is 7. The van der Waals surface area contributed by atoms with Crippen LogP contribution in [0.1, 0.15) is 70.2 Å². The highest BCUT2D eigenvalue weighted by atomic mass is 19.1. The number of pyridine rings is 1. The van der Waals surface area contributed by atoms with Crippen LogP contribution in [0, 0.1) is 11.0 Å². The molecular formula is C36H41FN5O4-. The number of rotatable bonds is 6. The van der Waals surface area contributed by atoms with E-state index in [9.17, 15) is 14.8 Å². The molecule has 1 unspecified atom stereocenters. The van der Waals surface area contributed by atoms with Crippen LogP contribution in [0.5, 0.6) is 11.5 Å². The van der Waals surface area contributed by atoms with Crippen molar-refractivity contribution in [2.24, 2.45) is 0 Å². The molecule has 0 spiro atoms. The fourth-order valence-corrected chi connectivity index (χ4v) is 7.96. The Balaban J connectivity index is 1.34. The summed E-state index contributed by atoms with van der Waals surface area (Å²) < 4.78 is 24.5. The Labute approximate surface area is 267 Å². The highest BCUT2D eigenvalue weighted by Gasteiger charge is 2.41. The summed E-state index contributed by atoms with van der Waals surface area (Å²) in [7, 11) is 2.09. The predicted molar refractivity (Wildman–Crippen MR) is 180 cm³/mol. The molecule has 2 N–H and O–H groups in total. The molecule has 4 aromatic rings. The first-order valence-electron chi connectivity index (χ1n) is 16.2. The fourth-order valence-electron chi connectivity index (χ4n) is 7.96. The number of likely N-dealkylation sites (tertiary alicyclic amines) is 1. The van der Waals surface area contributed by atoms with Gasteiger partial charge in [0.1, 0.15) is 16.8 Å². The van der Waals surface area contributed by atoms with E-state index in [2.05, 4.69) is 22.6 Å². The normalized spacial score (nSPS) is 20.9. The van der Waals surface area contributed by atoms with Crippen molar-refractivity contribution >= 4 is 33.3 Å². The lowest BCUT2D eigenvalue weighted by atomic mass is 9.79. The molecule has 3 aromatic carbocycles. The van der Waals surface area contributed by atoms with Gasteiger partial charge in [0.25, 0.3) is 5.91 Å². The maximum Gasteiger partial charge on any atom is 0.256 e. The first kappa shape index (κ1) is 30.7. The highest BCUT2D eigenvalue weighted by Crippen LogP contribution is 2.48. The molecule has 3 aliphatic rings. The van der Waals surface area contributed by atoms with Crippen molar-refractivity contribution in [1.82, 2.24) is 19.8 Å². The highest BCUT2D eigenvalue weighted by molar-refractivity contribution is 6.02. The van der Waals surface area contributed by atoms with E-state index < -0.39 is 28.2 Å². The van der Waals surface area contributed by atoms with E-state index in [4.69, 9.17) is 4.74 Å². The van der Waals surface area contributed by atoms with E-state index in [0.717, 1.165) is 41.6 Å². The third-order valence-electron chi connectivity index (χ3n) is 10.1. The van der Waals surface area contributed by atoms with Crippen molar-refractivity contribution in [1.29, 1.82) is 0 Å². The zero-order chi connectivity index (χ0) is 32.5. The molecule has 1 atom stereocenters. The number of hydrogen-bond donors (Lipinski definition) is 2. The van der Waals surface area contributed by atoms with Crippen LogP contribution in [0.3, 0.4) is 0 Å². The van der Waals surface area contributed by atoms with Gasteiger partial charge in [-0.25, -0.2) is 4.39 Å². The van der Waals surface area contributed by atoms with Gasteiger partial charge in [0.05, 0.1) is 11.1 Å². The Morgan fingerprint density at radius 3 is 2.46 bits per heavy atom. The molecular weight excluding hydrogens is 585 g/mol. The Morgan fingerprint density at radius 2 is 1.78 bits per heavy atom. The van der Waals surface area contributed by atoms with E-state index in [1.165, 1.54) is 6.07 Å². The molecule has 0 radical (unpaired) electrons. The Hall–Kier alpha value is -3.99. The minimum Gasteiger partial charge on any atom is -0.784 e. The van der Waals surface area contributed by atoms with Gasteiger partial charge in [-0.05, 0) is 102 Å². The van der Waals surface area contributed by atoms with Crippen molar-refractivity contribution in [2.45, 2.75) is 83.0 Å². The van der Waals surface area contributed by atoms with Gasteiger partial charge in [0, 0.05) is 35.9 Å². The Bertz CT molecular complexity index is 1920. The number of carbonyl (C=O) groups is 1. The smallest absolute Gasteiger partial charge is 0.256 e. The van der Waals surface area contributed by atoms with Gasteiger partial charge in [0.15, 0.2) is 17.3 Å². The molecule has 2 fully saturated rings. The minimum atomic E-state index is -0.673. The lowest BCUT2D eigenvalue weighted by Crippen LogP contribution is -2.60. The topological polar surface area (TPSA) is 102 Å². The third-order valence-corrected chi connectivity index (χ3v) is 10.1. The van der Waals surface area contributed by atoms with Crippen LogP contribution in [0.15, 0.2) is 53.5 Å². The monoisotopic (exact) mass is 626 g/mol. The van der Waals surface area contributed by atoms with Crippen LogP contribution < -0.4 is 20.8 Å². The number of ether oxygens (including phenoxy) is 1. The van der Waals surface area contributed by atoms with Crippen LogP contribution in [-0.2, 0) is 0 Å². The Kier molecular flexibility index (Phi) is 7.38. The minimum absolute atomic E-state index is 0.0503. The molecule has 0 saturated carbocycles. The van der Waals surface area contributed by atoms with Crippen LogP contribution in [-0.4, -0.2) is 63.7 Å². The second-order valence-corrected chi connectivity index (χ2v) is 14.5. The first-order chi connectivity index (χ1) is 21.8. The summed E-state index contributed by atoms with van der Waals surface area (Å²) in [6.45, 7) is 9.05. The molecule has 0 aliphatic carbocycles. The molecule has 7 rings (SSSR count). The van der Waals surface area contributed by atoms with E-state index in [1.54, 1.807) is 10.8 Å². The van der Waals surface area contributed by atoms with E-state index in [-0.39, 0.29) is 28.4 Å². The van der Waals surface area contributed by atoms with Crippen molar-refractivity contribution in [3.63, 3.8) is 0 Å². The number of benzene rings is 3. The van der Waals surface area contributed by atoms with Crippen molar-refractivity contribution < 1.29 is 13.9 Å². The van der Waals surface area contributed by atoms with E-state index in [0.29, 0.717) is 42.4 Å². The summed E-state index contributed by atoms with van der Waals surface area (Å²) in [5.74, 6) is -0.470. The summed E-state index contributed by atoms with van der Waals surface area (Å²) in [5.41, 5.74) is -0.776. The molecule has 0 bridgehead atoms. The fraction of sp³-hybridized carbons (Fsp3) is 0.444. The van der Waals surface area contributed by atoms with E-state index in [1.807, 2.05) is 64.1 Å². The number of halogens is 1. The van der Waals surface area contributed by atoms with Gasteiger partial charge in [-0.2, -0.15) is 0 Å². The number of aromatic nitrogens is 1. The standard InChI is InChI=1S/C36H41FN5O4/c1-35(2)18-23(19-36(3,4)42(35)45)39-30-27(37)17-25-31-33(30)46-29-16-22-10-7-6-9-21(22)15-28(29)41(31)20-26(32(25)43)34(44)38-13-12-24-11-8-14-40(24)5/h6-7,9-10,15-17,20,23-24,39H,8,11-14,18-19H2,1-5H3,(H,38,44)/q-1.